The number of pyridine rings is 1. The summed E-state index contributed by atoms with van der Waals surface area (Å²) in [4.78, 5) is 26.2. The van der Waals surface area contributed by atoms with Crippen LogP contribution in [0, 0.1) is 0 Å². The summed E-state index contributed by atoms with van der Waals surface area (Å²) in [5.74, 6) is 1.77. The molecule has 0 unspecified atom stereocenters. The molecule has 0 aliphatic carbocycles. The van der Waals surface area contributed by atoms with E-state index in [9.17, 15) is 4.79 Å². The molecule has 1 fully saturated rings. The molecule has 1 aliphatic rings. The minimum Gasteiger partial charge on any atom is -0.491 e. The second-order valence-corrected chi connectivity index (χ2v) is 7.79. The average molecular weight is 390 g/mol. The number of H-pyrrole nitrogens is 1. The molecule has 0 radical (unpaired) electrons. The number of hydrogen-bond donors (Lipinski definition) is 1. The monoisotopic (exact) mass is 390 g/mol. The molecule has 0 spiro atoms. The molecule has 1 aromatic carbocycles. The first-order valence-electron chi connectivity index (χ1n) is 10.1. The minimum atomic E-state index is -0.110. The maximum Gasteiger partial charge on any atom is 0.251 e. The van der Waals surface area contributed by atoms with Gasteiger partial charge in [-0.05, 0) is 56.6 Å². The fraction of sp³-hybridized carbons (Fsp3) is 0.348. The second-order valence-electron chi connectivity index (χ2n) is 7.79. The molecule has 0 saturated carbocycles. The Morgan fingerprint density at radius 2 is 1.93 bits per heavy atom. The Balaban J connectivity index is 1.43. The van der Waals surface area contributed by atoms with Gasteiger partial charge in [0, 0.05) is 43.0 Å². The largest absolute Gasteiger partial charge is 0.491 e. The third-order valence-corrected chi connectivity index (χ3v) is 5.11. The molecule has 3 heterocycles. The van der Waals surface area contributed by atoms with Crippen LogP contribution in [-0.2, 0) is 6.54 Å². The van der Waals surface area contributed by atoms with Gasteiger partial charge in [-0.15, -0.1) is 0 Å². The zero-order chi connectivity index (χ0) is 20.2. The van der Waals surface area contributed by atoms with E-state index in [0.717, 1.165) is 43.1 Å². The van der Waals surface area contributed by atoms with E-state index in [1.807, 2.05) is 38.1 Å². The fourth-order valence-corrected chi connectivity index (χ4v) is 3.75. The van der Waals surface area contributed by atoms with E-state index in [-0.39, 0.29) is 17.6 Å². The van der Waals surface area contributed by atoms with Crippen molar-refractivity contribution in [2.75, 3.05) is 13.1 Å². The van der Waals surface area contributed by atoms with Crippen molar-refractivity contribution < 1.29 is 4.74 Å². The van der Waals surface area contributed by atoms with Gasteiger partial charge in [-0.3, -0.25) is 14.7 Å². The van der Waals surface area contributed by atoms with Crippen molar-refractivity contribution in [1.82, 2.24) is 19.9 Å². The lowest BCUT2D eigenvalue weighted by atomic mass is 10.0. The number of ether oxygens (including phenoxy) is 1. The normalized spacial score (nSPS) is 17.0. The first-order valence-corrected chi connectivity index (χ1v) is 10.1. The lowest BCUT2D eigenvalue weighted by molar-refractivity contribution is 0.242. The summed E-state index contributed by atoms with van der Waals surface area (Å²) in [6.07, 6.45) is 4.59. The van der Waals surface area contributed by atoms with Crippen LogP contribution in [0.3, 0.4) is 0 Å². The molecule has 6 heteroatoms. The van der Waals surface area contributed by atoms with Gasteiger partial charge in [0.15, 0.2) is 0 Å². The summed E-state index contributed by atoms with van der Waals surface area (Å²) in [5, 5.41) is 0. The molecule has 1 atom stereocenters. The standard InChI is InChI=1S/C23H26N4O2/c1-16(2)29-20-5-3-17(4-6-20)14-27-12-9-19(15-27)21-13-22(28)26-23(25-21)18-7-10-24-11-8-18/h3-8,10-11,13,16,19H,9,12,14-15H2,1-2H3,(H,25,26,28)/t19-/m0/s1. The lowest BCUT2D eigenvalue weighted by Gasteiger charge is -2.17. The molecular weight excluding hydrogens is 364 g/mol. The average Bonchev–Trinajstić information content (AvgIpc) is 3.18. The number of rotatable bonds is 6. The molecule has 2 aromatic heterocycles. The number of likely N-dealkylation sites (tertiary alicyclic amines) is 1. The summed E-state index contributed by atoms with van der Waals surface area (Å²) in [6.45, 7) is 6.84. The first kappa shape index (κ1) is 19.3. The number of aromatic amines is 1. The van der Waals surface area contributed by atoms with Crippen LogP contribution < -0.4 is 10.3 Å². The number of nitrogens with one attached hydrogen (secondary N) is 1. The number of hydrogen-bond acceptors (Lipinski definition) is 5. The van der Waals surface area contributed by atoms with Crippen molar-refractivity contribution in [3.8, 4) is 17.1 Å². The summed E-state index contributed by atoms with van der Waals surface area (Å²) in [6, 6.07) is 13.7. The fourth-order valence-electron chi connectivity index (χ4n) is 3.75. The Labute approximate surface area is 170 Å². The first-order chi connectivity index (χ1) is 14.1. The van der Waals surface area contributed by atoms with Crippen molar-refractivity contribution in [1.29, 1.82) is 0 Å². The molecule has 150 valence electrons. The highest BCUT2D eigenvalue weighted by molar-refractivity contribution is 5.53. The van der Waals surface area contributed by atoms with Gasteiger partial charge in [0.1, 0.15) is 11.6 Å². The van der Waals surface area contributed by atoms with Gasteiger partial charge in [-0.25, -0.2) is 4.98 Å². The maximum absolute atomic E-state index is 12.2. The number of nitrogens with zero attached hydrogens (tertiary/aromatic N) is 3. The van der Waals surface area contributed by atoms with Crippen LogP contribution in [0.2, 0.25) is 0 Å². The van der Waals surface area contributed by atoms with Gasteiger partial charge in [0.05, 0.1) is 11.8 Å². The highest BCUT2D eigenvalue weighted by Gasteiger charge is 2.25. The zero-order valence-electron chi connectivity index (χ0n) is 16.8. The summed E-state index contributed by atoms with van der Waals surface area (Å²) < 4.78 is 5.71. The Kier molecular flexibility index (Phi) is 5.71. The molecule has 3 aromatic rings. The third-order valence-electron chi connectivity index (χ3n) is 5.11. The van der Waals surface area contributed by atoms with Crippen molar-refractivity contribution in [3.05, 3.63) is 76.5 Å². The highest BCUT2D eigenvalue weighted by Crippen LogP contribution is 2.27. The van der Waals surface area contributed by atoms with E-state index in [1.54, 1.807) is 18.5 Å². The molecule has 0 bridgehead atoms. The molecular formula is C23H26N4O2. The van der Waals surface area contributed by atoms with Crippen LogP contribution in [0.1, 0.15) is 37.4 Å². The molecule has 1 saturated heterocycles. The van der Waals surface area contributed by atoms with Crippen molar-refractivity contribution >= 4 is 0 Å². The molecule has 1 N–H and O–H groups in total. The Morgan fingerprint density at radius 1 is 1.17 bits per heavy atom. The van der Waals surface area contributed by atoms with E-state index in [4.69, 9.17) is 9.72 Å². The van der Waals surface area contributed by atoms with Crippen molar-refractivity contribution in [3.63, 3.8) is 0 Å². The van der Waals surface area contributed by atoms with E-state index in [0.29, 0.717) is 5.82 Å². The summed E-state index contributed by atoms with van der Waals surface area (Å²) in [5.41, 5.74) is 2.89. The zero-order valence-corrected chi connectivity index (χ0v) is 16.8. The predicted molar refractivity (Wildman–Crippen MR) is 113 cm³/mol. The third kappa shape index (κ3) is 4.90. The van der Waals surface area contributed by atoms with Gasteiger partial charge < -0.3 is 9.72 Å². The van der Waals surface area contributed by atoms with Gasteiger partial charge in [0.25, 0.3) is 5.56 Å². The van der Waals surface area contributed by atoms with E-state index < -0.39 is 0 Å². The van der Waals surface area contributed by atoms with Crippen LogP contribution in [0.15, 0.2) is 59.7 Å². The Bertz CT molecular complexity index is 999. The topological polar surface area (TPSA) is 71.1 Å². The Hall–Kier alpha value is -2.99. The van der Waals surface area contributed by atoms with Crippen LogP contribution in [-0.4, -0.2) is 39.0 Å². The minimum absolute atomic E-state index is 0.110. The van der Waals surface area contributed by atoms with E-state index in [2.05, 4.69) is 27.0 Å². The Morgan fingerprint density at radius 3 is 2.66 bits per heavy atom. The molecule has 29 heavy (non-hydrogen) atoms. The highest BCUT2D eigenvalue weighted by atomic mass is 16.5. The number of aromatic nitrogens is 3. The van der Waals surface area contributed by atoms with E-state index >= 15 is 0 Å². The van der Waals surface area contributed by atoms with Crippen LogP contribution in [0.5, 0.6) is 5.75 Å². The van der Waals surface area contributed by atoms with Gasteiger partial charge in [-0.2, -0.15) is 0 Å². The van der Waals surface area contributed by atoms with Crippen LogP contribution >= 0.6 is 0 Å². The molecule has 1 aliphatic heterocycles. The summed E-state index contributed by atoms with van der Waals surface area (Å²) >= 11 is 0. The lowest BCUT2D eigenvalue weighted by Crippen LogP contribution is -2.20. The SMILES string of the molecule is CC(C)Oc1ccc(CN2CC[C@H](c3cc(=O)[nH]c(-c4ccncc4)n3)C2)cc1. The van der Waals surface area contributed by atoms with Crippen LogP contribution in [0.4, 0.5) is 0 Å². The molecule has 6 nitrogen and oxygen atoms in total. The van der Waals surface area contributed by atoms with E-state index in [1.165, 1.54) is 5.56 Å². The van der Waals surface area contributed by atoms with Gasteiger partial charge >= 0.3 is 0 Å². The van der Waals surface area contributed by atoms with Gasteiger partial charge in [0.2, 0.25) is 0 Å². The quantitative estimate of drug-likeness (QED) is 0.696. The number of benzene rings is 1. The summed E-state index contributed by atoms with van der Waals surface area (Å²) in [7, 11) is 0. The van der Waals surface area contributed by atoms with Crippen molar-refractivity contribution in [2.24, 2.45) is 0 Å². The second kappa shape index (κ2) is 8.57. The van der Waals surface area contributed by atoms with Crippen molar-refractivity contribution in [2.45, 2.75) is 38.8 Å². The predicted octanol–water partition coefficient (Wildman–Crippen LogP) is 3.61. The maximum atomic E-state index is 12.2. The smallest absolute Gasteiger partial charge is 0.251 e. The van der Waals surface area contributed by atoms with Gasteiger partial charge in [-0.1, -0.05) is 12.1 Å². The molecule has 0 amide bonds. The van der Waals surface area contributed by atoms with Crippen LogP contribution in [0.25, 0.3) is 11.4 Å². The molecule has 4 rings (SSSR count).